The largest absolute Gasteiger partial charge is 0.504 e. The van der Waals surface area contributed by atoms with E-state index in [0.717, 1.165) is 6.20 Å². The number of phenols is 1. The van der Waals surface area contributed by atoms with Crippen LogP contribution >= 0.6 is 0 Å². The van der Waals surface area contributed by atoms with E-state index < -0.39 is 4.92 Å². The SMILES string of the molecule is COc1cc(/C(C)=C/[N+](=O)[O-])ccc1O. The van der Waals surface area contributed by atoms with E-state index in [9.17, 15) is 15.2 Å². The van der Waals surface area contributed by atoms with Crippen LogP contribution < -0.4 is 4.74 Å². The summed E-state index contributed by atoms with van der Waals surface area (Å²) in [6, 6.07) is 4.57. The van der Waals surface area contributed by atoms with Gasteiger partial charge in [-0.1, -0.05) is 6.07 Å². The fourth-order valence-corrected chi connectivity index (χ4v) is 1.16. The van der Waals surface area contributed by atoms with E-state index in [2.05, 4.69) is 0 Å². The fourth-order valence-electron chi connectivity index (χ4n) is 1.16. The van der Waals surface area contributed by atoms with Crippen LogP contribution in [0.4, 0.5) is 0 Å². The fraction of sp³-hybridized carbons (Fsp3) is 0.200. The lowest BCUT2D eigenvalue weighted by molar-refractivity contribution is -0.401. The maximum atomic E-state index is 10.3. The first-order valence-electron chi connectivity index (χ1n) is 4.24. The number of methoxy groups -OCH3 is 1. The molecule has 0 fully saturated rings. The Morgan fingerprint density at radius 3 is 2.80 bits per heavy atom. The number of nitro groups is 1. The molecule has 0 aliphatic heterocycles. The predicted molar refractivity (Wildman–Crippen MR) is 55.3 cm³/mol. The van der Waals surface area contributed by atoms with Gasteiger partial charge in [-0.2, -0.15) is 0 Å². The number of benzene rings is 1. The molecule has 0 bridgehead atoms. The van der Waals surface area contributed by atoms with Gasteiger partial charge < -0.3 is 9.84 Å². The van der Waals surface area contributed by atoms with Crippen LogP contribution in [-0.4, -0.2) is 17.1 Å². The maximum absolute atomic E-state index is 10.3. The van der Waals surface area contributed by atoms with Gasteiger partial charge in [-0.05, 0) is 24.6 Å². The molecular formula is C10H11NO4. The van der Waals surface area contributed by atoms with E-state index in [1.165, 1.54) is 13.2 Å². The molecule has 0 saturated heterocycles. The molecule has 5 heteroatoms. The van der Waals surface area contributed by atoms with Gasteiger partial charge in [-0.15, -0.1) is 0 Å². The Morgan fingerprint density at radius 2 is 2.27 bits per heavy atom. The van der Waals surface area contributed by atoms with Crippen LogP contribution in [0.25, 0.3) is 5.57 Å². The van der Waals surface area contributed by atoms with Crippen molar-refractivity contribution in [3.63, 3.8) is 0 Å². The highest BCUT2D eigenvalue weighted by atomic mass is 16.6. The van der Waals surface area contributed by atoms with Gasteiger partial charge in [0.1, 0.15) is 0 Å². The molecule has 1 aromatic carbocycles. The van der Waals surface area contributed by atoms with Crippen LogP contribution in [0.1, 0.15) is 12.5 Å². The van der Waals surface area contributed by atoms with Gasteiger partial charge in [-0.3, -0.25) is 10.1 Å². The Kier molecular flexibility index (Phi) is 3.28. The number of ether oxygens (including phenoxy) is 1. The summed E-state index contributed by atoms with van der Waals surface area (Å²) in [5.41, 5.74) is 1.14. The van der Waals surface area contributed by atoms with Gasteiger partial charge in [0.05, 0.1) is 12.0 Å². The number of hydrogen-bond acceptors (Lipinski definition) is 4. The summed E-state index contributed by atoms with van der Waals surface area (Å²) < 4.78 is 4.89. The zero-order valence-corrected chi connectivity index (χ0v) is 8.43. The van der Waals surface area contributed by atoms with Gasteiger partial charge in [0.25, 0.3) is 0 Å². The minimum absolute atomic E-state index is 0.00940. The molecule has 0 spiro atoms. The Hall–Kier alpha value is -2.04. The molecule has 1 N–H and O–H groups in total. The van der Waals surface area contributed by atoms with Crippen molar-refractivity contribution >= 4 is 5.57 Å². The molecule has 0 atom stereocenters. The van der Waals surface area contributed by atoms with Gasteiger partial charge in [-0.25, -0.2) is 0 Å². The second-order valence-corrected chi connectivity index (χ2v) is 2.98. The number of nitrogens with zero attached hydrogens (tertiary/aromatic N) is 1. The average molecular weight is 209 g/mol. The summed E-state index contributed by atoms with van der Waals surface area (Å²) in [5, 5.41) is 19.6. The first kappa shape index (κ1) is 11.0. The van der Waals surface area contributed by atoms with Gasteiger partial charge in [0.2, 0.25) is 6.20 Å². The molecule has 1 aromatic rings. The molecule has 1 rings (SSSR count). The highest BCUT2D eigenvalue weighted by Gasteiger charge is 2.05. The molecule has 0 aliphatic carbocycles. The summed E-state index contributed by atoms with van der Waals surface area (Å²) >= 11 is 0. The van der Waals surface area contributed by atoms with E-state index in [1.54, 1.807) is 19.1 Å². The molecule has 80 valence electrons. The minimum atomic E-state index is -0.519. The highest BCUT2D eigenvalue weighted by molar-refractivity contribution is 5.65. The summed E-state index contributed by atoms with van der Waals surface area (Å²) in [5.74, 6) is 0.304. The van der Waals surface area contributed by atoms with Crippen LogP contribution in [0.2, 0.25) is 0 Å². The lowest BCUT2D eigenvalue weighted by Gasteiger charge is -2.05. The van der Waals surface area contributed by atoms with E-state index in [4.69, 9.17) is 4.74 Å². The molecule has 0 heterocycles. The lowest BCUT2D eigenvalue weighted by Crippen LogP contribution is -1.90. The number of rotatable bonds is 3. The van der Waals surface area contributed by atoms with Crippen molar-refractivity contribution < 1.29 is 14.8 Å². The van der Waals surface area contributed by atoms with Gasteiger partial charge in [0, 0.05) is 5.57 Å². The van der Waals surface area contributed by atoms with Crippen LogP contribution in [0.3, 0.4) is 0 Å². The molecule has 0 aliphatic rings. The van der Waals surface area contributed by atoms with Crippen molar-refractivity contribution in [1.82, 2.24) is 0 Å². The topological polar surface area (TPSA) is 72.6 Å². The smallest absolute Gasteiger partial charge is 0.237 e. The Labute approximate surface area is 86.8 Å². The molecular weight excluding hydrogens is 198 g/mol. The number of hydrogen-bond donors (Lipinski definition) is 1. The Morgan fingerprint density at radius 1 is 1.60 bits per heavy atom. The summed E-state index contributed by atoms with van der Waals surface area (Å²) in [6.07, 6.45) is 0.909. The Bertz CT molecular complexity index is 412. The van der Waals surface area contributed by atoms with E-state index in [-0.39, 0.29) is 5.75 Å². The minimum Gasteiger partial charge on any atom is -0.504 e. The van der Waals surface area contributed by atoms with Crippen molar-refractivity contribution in [2.24, 2.45) is 0 Å². The van der Waals surface area contributed by atoms with E-state index >= 15 is 0 Å². The van der Waals surface area contributed by atoms with Crippen molar-refractivity contribution in [1.29, 1.82) is 0 Å². The molecule has 0 saturated carbocycles. The number of aromatic hydroxyl groups is 1. The molecule has 5 nitrogen and oxygen atoms in total. The van der Waals surface area contributed by atoms with Crippen LogP contribution in [-0.2, 0) is 0 Å². The second-order valence-electron chi connectivity index (χ2n) is 2.98. The van der Waals surface area contributed by atoms with Crippen LogP contribution in [0, 0.1) is 10.1 Å². The molecule has 0 unspecified atom stereocenters. The third-order valence-corrected chi connectivity index (χ3v) is 1.93. The van der Waals surface area contributed by atoms with Crippen molar-refractivity contribution in [2.75, 3.05) is 7.11 Å². The van der Waals surface area contributed by atoms with Crippen molar-refractivity contribution in [2.45, 2.75) is 6.92 Å². The predicted octanol–water partition coefficient (Wildman–Crippen LogP) is 2.04. The lowest BCUT2D eigenvalue weighted by atomic mass is 10.1. The summed E-state index contributed by atoms with van der Waals surface area (Å²) in [4.78, 5) is 9.73. The molecule has 0 aromatic heterocycles. The van der Waals surface area contributed by atoms with Crippen molar-refractivity contribution in [3.05, 3.63) is 40.1 Å². The third kappa shape index (κ3) is 2.70. The van der Waals surface area contributed by atoms with Gasteiger partial charge in [0.15, 0.2) is 11.5 Å². The Balaban J connectivity index is 3.11. The number of allylic oxidation sites excluding steroid dienone is 1. The molecule has 0 amide bonds. The summed E-state index contributed by atoms with van der Waals surface area (Å²) in [7, 11) is 1.42. The maximum Gasteiger partial charge on any atom is 0.237 e. The molecule has 15 heavy (non-hydrogen) atoms. The van der Waals surface area contributed by atoms with Crippen LogP contribution in [0.5, 0.6) is 11.5 Å². The monoisotopic (exact) mass is 209 g/mol. The van der Waals surface area contributed by atoms with Gasteiger partial charge >= 0.3 is 0 Å². The second kappa shape index (κ2) is 4.45. The van der Waals surface area contributed by atoms with Crippen molar-refractivity contribution in [3.8, 4) is 11.5 Å². The first-order valence-corrected chi connectivity index (χ1v) is 4.24. The molecule has 0 radical (unpaired) electrons. The third-order valence-electron chi connectivity index (χ3n) is 1.93. The van der Waals surface area contributed by atoms with E-state index in [0.29, 0.717) is 16.9 Å². The standard InChI is InChI=1S/C10H11NO4/c1-7(6-11(13)14)8-3-4-9(12)10(5-8)15-2/h3-6,12H,1-2H3/b7-6+. The summed E-state index contributed by atoms with van der Waals surface area (Å²) in [6.45, 7) is 1.62. The first-order chi connectivity index (χ1) is 7.04. The number of phenolic OH excluding ortho intramolecular Hbond substituents is 1. The quantitative estimate of drug-likeness (QED) is 0.610. The van der Waals surface area contributed by atoms with Crippen LogP contribution in [0.15, 0.2) is 24.4 Å². The van der Waals surface area contributed by atoms with E-state index in [1.807, 2.05) is 0 Å². The average Bonchev–Trinajstić information content (AvgIpc) is 2.17. The zero-order chi connectivity index (χ0) is 11.4. The normalized spacial score (nSPS) is 11.2. The highest BCUT2D eigenvalue weighted by Crippen LogP contribution is 2.28. The zero-order valence-electron chi connectivity index (χ0n) is 8.43.